The molecule has 24 heavy (non-hydrogen) atoms. The zero-order valence-corrected chi connectivity index (χ0v) is 13.4. The fourth-order valence-corrected chi connectivity index (χ4v) is 3.08. The fraction of sp³-hybridized carbons (Fsp3) is 0.529. The maximum absolute atomic E-state index is 12.8. The van der Waals surface area contributed by atoms with Crippen LogP contribution in [0.4, 0.5) is 4.39 Å². The van der Waals surface area contributed by atoms with Gasteiger partial charge in [0.2, 0.25) is 0 Å². The summed E-state index contributed by atoms with van der Waals surface area (Å²) in [5.74, 6) is -0.558. The molecule has 1 atom stereocenters. The van der Waals surface area contributed by atoms with E-state index in [1.807, 2.05) is 4.90 Å². The highest BCUT2D eigenvalue weighted by molar-refractivity contribution is 5.78. The van der Waals surface area contributed by atoms with Crippen molar-refractivity contribution >= 4 is 11.9 Å². The Morgan fingerprint density at radius 1 is 1.17 bits per heavy atom. The largest absolute Gasteiger partial charge is 0.484 e. The standard InChI is InChI=1S/C17H21FN2O4/c18-13-3-5-14(6-4-13)24-11-15(21)19-7-9-20(10-8-19)16(17(22)23)12-1-2-12/h3-6,12,16H,1-2,7-11H2,(H,22,23). The lowest BCUT2D eigenvalue weighted by atomic mass is 10.1. The Morgan fingerprint density at radius 3 is 2.33 bits per heavy atom. The van der Waals surface area contributed by atoms with Crippen molar-refractivity contribution in [3.8, 4) is 5.75 Å². The molecule has 1 amide bonds. The number of halogens is 1. The molecule has 7 heteroatoms. The molecule has 1 saturated heterocycles. The number of piperazine rings is 1. The van der Waals surface area contributed by atoms with Gasteiger partial charge in [0, 0.05) is 26.2 Å². The summed E-state index contributed by atoms with van der Waals surface area (Å²) in [6.07, 6.45) is 1.95. The second kappa shape index (κ2) is 7.17. The molecular weight excluding hydrogens is 315 g/mol. The summed E-state index contributed by atoms with van der Waals surface area (Å²) in [6.45, 7) is 2.03. The molecular formula is C17H21FN2O4. The molecule has 0 radical (unpaired) electrons. The van der Waals surface area contributed by atoms with Crippen molar-refractivity contribution in [3.05, 3.63) is 30.1 Å². The molecule has 2 fully saturated rings. The number of amides is 1. The van der Waals surface area contributed by atoms with Crippen LogP contribution in [0.3, 0.4) is 0 Å². The number of hydrogen-bond donors (Lipinski definition) is 1. The maximum atomic E-state index is 12.8. The Balaban J connectivity index is 1.46. The Labute approximate surface area is 139 Å². The monoisotopic (exact) mass is 336 g/mol. The van der Waals surface area contributed by atoms with Gasteiger partial charge in [-0.2, -0.15) is 0 Å². The van der Waals surface area contributed by atoms with Gasteiger partial charge in [-0.3, -0.25) is 14.5 Å². The first kappa shape index (κ1) is 16.7. The lowest BCUT2D eigenvalue weighted by Gasteiger charge is -2.37. The van der Waals surface area contributed by atoms with E-state index in [1.54, 1.807) is 4.90 Å². The number of hydrogen-bond acceptors (Lipinski definition) is 4. The van der Waals surface area contributed by atoms with Gasteiger partial charge in [-0.05, 0) is 43.0 Å². The highest BCUT2D eigenvalue weighted by Crippen LogP contribution is 2.35. The number of ether oxygens (including phenoxy) is 1. The number of carbonyl (C=O) groups excluding carboxylic acids is 1. The van der Waals surface area contributed by atoms with Gasteiger partial charge >= 0.3 is 5.97 Å². The fourth-order valence-electron chi connectivity index (χ4n) is 3.08. The van der Waals surface area contributed by atoms with E-state index >= 15 is 0 Å². The van der Waals surface area contributed by atoms with Crippen LogP contribution in [0.25, 0.3) is 0 Å². The predicted molar refractivity (Wildman–Crippen MR) is 84.2 cm³/mol. The molecule has 0 bridgehead atoms. The molecule has 0 spiro atoms. The van der Waals surface area contributed by atoms with Crippen molar-refractivity contribution in [2.45, 2.75) is 18.9 Å². The summed E-state index contributed by atoms with van der Waals surface area (Å²) < 4.78 is 18.2. The zero-order valence-electron chi connectivity index (χ0n) is 13.4. The minimum absolute atomic E-state index is 0.101. The first-order chi connectivity index (χ1) is 11.5. The Hall–Kier alpha value is -2.15. The van der Waals surface area contributed by atoms with Gasteiger partial charge in [-0.1, -0.05) is 0 Å². The summed E-state index contributed by atoms with van der Waals surface area (Å²) in [5.41, 5.74) is 0. The molecule has 1 heterocycles. The molecule has 1 aromatic rings. The van der Waals surface area contributed by atoms with E-state index in [0.717, 1.165) is 12.8 Å². The smallest absolute Gasteiger partial charge is 0.321 e. The second-order valence-electron chi connectivity index (χ2n) is 6.28. The Kier molecular flexibility index (Phi) is 4.99. The summed E-state index contributed by atoms with van der Waals surface area (Å²) in [6, 6.07) is 5.10. The van der Waals surface area contributed by atoms with Gasteiger partial charge in [0.05, 0.1) is 0 Å². The van der Waals surface area contributed by atoms with Crippen molar-refractivity contribution in [2.24, 2.45) is 5.92 Å². The molecule has 1 aliphatic heterocycles. The number of nitrogens with zero attached hydrogens (tertiary/aromatic N) is 2. The molecule has 6 nitrogen and oxygen atoms in total. The SMILES string of the molecule is O=C(O)C(C1CC1)N1CCN(C(=O)COc2ccc(F)cc2)CC1. The molecule has 130 valence electrons. The topological polar surface area (TPSA) is 70.1 Å². The zero-order chi connectivity index (χ0) is 17.1. The number of benzene rings is 1. The van der Waals surface area contributed by atoms with Crippen LogP contribution in [-0.4, -0.2) is 65.6 Å². The van der Waals surface area contributed by atoms with E-state index < -0.39 is 12.0 Å². The average Bonchev–Trinajstić information content (AvgIpc) is 3.39. The highest BCUT2D eigenvalue weighted by Gasteiger charge is 2.41. The molecule has 1 N–H and O–H groups in total. The molecule has 1 aliphatic carbocycles. The summed E-state index contributed by atoms with van der Waals surface area (Å²) >= 11 is 0. The van der Waals surface area contributed by atoms with Crippen LogP contribution in [0.2, 0.25) is 0 Å². The van der Waals surface area contributed by atoms with Crippen molar-refractivity contribution < 1.29 is 23.8 Å². The van der Waals surface area contributed by atoms with E-state index in [-0.39, 0.29) is 24.2 Å². The second-order valence-corrected chi connectivity index (χ2v) is 6.28. The van der Waals surface area contributed by atoms with Crippen molar-refractivity contribution in [1.82, 2.24) is 9.80 Å². The van der Waals surface area contributed by atoms with Crippen molar-refractivity contribution in [2.75, 3.05) is 32.8 Å². The van der Waals surface area contributed by atoms with Crippen molar-refractivity contribution in [1.29, 1.82) is 0 Å². The molecule has 1 saturated carbocycles. The van der Waals surface area contributed by atoms with Gasteiger partial charge in [0.15, 0.2) is 6.61 Å². The normalized spacial score (nSPS) is 19.8. The van der Waals surface area contributed by atoms with Crippen LogP contribution in [0.1, 0.15) is 12.8 Å². The van der Waals surface area contributed by atoms with Gasteiger partial charge in [0.25, 0.3) is 5.91 Å². The first-order valence-electron chi connectivity index (χ1n) is 8.17. The summed E-state index contributed by atoms with van der Waals surface area (Å²) in [5, 5.41) is 9.37. The van der Waals surface area contributed by atoms with Gasteiger partial charge < -0.3 is 14.7 Å². The first-order valence-corrected chi connectivity index (χ1v) is 8.17. The molecule has 1 unspecified atom stereocenters. The number of carboxylic acids is 1. The van der Waals surface area contributed by atoms with Gasteiger partial charge in [-0.15, -0.1) is 0 Å². The van der Waals surface area contributed by atoms with Crippen LogP contribution in [0.15, 0.2) is 24.3 Å². The molecule has 3 rings (SSSR count). The third kappa shape index (κ3) is 4.03. The molecule has 2 aliphatic rings. The van der Waals surface area contributed by atoms with Crippen LogP contribution in [0.5, 0.6) is 5.75 Å². The van der Waals surface area contributed by atoms with E-state index in [4.69, 9.17) is 4.74 Å². The maximum Gasteiger partial charge on any atom is 0.321 e. The Morgan fingerprint density at radius 2 is 1.79 bits per heavy atom. The number of carbonyl (C=O) groups is 2. The third-order valence-corrected chi connectivity index (χ3v) is 4.56. The van der Waals surface area contributed by atoms with E-state index in [1.165, 1.54) is 24.3 Å². The highest BCUT2D eigenvalue weighted by atomic mass is 19.1. The number of carboxylic acid groups (broad SMARTS) is 1. The van der Waals surface area contributed by atoms with Crippen LogP contribution in [-0.2, 0) is 9.59 Å². The summed E-state index contributed by atoms with van der Waals surface area (Å²) in [7, 11) is 0. The van der Waals surface area contributed by atoms with Crippen LogP contribution < -0.4 is 4.74 Å². The Bertz CT molecular complexity index is 595. The lowest BCUT2D eigenvalue weighted by Crippen LogP contribution is -2.55. The molecule has 1 aromatic carbocycles. The van der Waals surface area contributed by atoms with Crippen LogP contribution >= 0.6 is 0 Å². The lowest BCUT2D eigenvalue weighted by molar-refractivity contribution is -0.146. The number of rotatable bonds is 6. The number of aliphatic carboxylic acids is 1. The van der Waals surface area contributed by atoms with Gasteiger partial charge in [0.1, 0.15) is 17.6 Å². The minimum atomic E-state index is -0.767. The van der Waals surface area contributed by atoms with Crippen molar-refractivity contribution in [3.63, 3.8) is 0 Å². The van der Waals surface area contributed by atoms with E-state index in [0.29, 0.717) is 31.9 Å². The third-order valence-electron chi connectivity index (χ3n) is 4.56. The predicted octanol–water partition coefficient (Wildman–Crippen LogP) is 1.21. The van der Waals surface area contributed by atoms with E-state index in [9.17, 15) is 19.1 Å². The minimum Gasteiger partial charge on any atom is -0.484 e. The van der Waals surface area contributed by atoms with Crippen LogP contribution in [0, 0.1) is 11.7 Å². The van der Waals surface area contributed by atoms with E-state index in [2.05, 4.69) is 0 Å². The quantitative estimate of drug-likeness (QED) is 0.846. The summed E-state index contributed by atoms with van der Waals surface area (Å²) in [4.78, 5) is 27.2. The molecule has 0 aromatic heterocycles. The average molecular weight is 336 g/mol. The van der Waals surface area contributed by atoms with Gasteiger partial charge in [-0.25, -0.2) is 4.39 Å².